The average Bonchev–Trinajstić information content (AvgIpc) is 3.14. The van der Waals surface area contributed by atoms with Crippen LogP contribution >= 0.6 is 15.9 Å². The number of likely N-dealkylation sites (tertiary alicyclic amines) is 1. The number of carbonyl (C=O) groups excluding carboxylic acids is 1. The number of ether oxygens (including phenoxy) is 1. The van der Waals surface area contributed by atoms with E-state index in [1.165, 1.54) is 12.8 Å². The second-order valence-electron chi connectivity index (χ2n) is 6.22. The smallest absolute Gasteiger partial charge is 0.269 e. The minimum Gasteiger partial charge on any atom is -0.491 e. The number of hydrogen-bond acceptors (Lipinski definition) is 4. The molecule has 3 heterocycles. The second kappa shape index (κ2) is 6.22. The number of amides is 1. The number of halogens is 1. The van der Waals surface area contributed by atoms with Crippen molar-refractivity contribution in [2.24, 2.45) is 5.73 Å². The molecule has 1 amide bonds. The lowest BCUT2D eigenvalue weighted by molar-refractivity contribution is 0.0993. The summed E-state index contributed by atoms with van der Waals surface area (Å²) in [4.78, 5) is 18.9. The van der Waals surface area contributed by atoms with E-state index < -0.39 is 5.91 Å². The molecule has 126 valence electrons. The molecule has 7 heteroatoms. The molecule has 0 spiro atoms. The van der Waals surface area contributed by atoms with Crippen LogP contribution in [0.3, 0.4) is 0 Å². The molecule has 0 atom stereocenters. The number of benzene rings is 1. The van der Waals surface area contributed by atoms with Gasteiger partial charge in [-0.25, -0.2) is 4.98 Å². The Hall–Kier alpha value is -1.86. The van der Waals surface area contributed by atoms with Gasteiger partial charge in [0.25, 0.3) is 5.91 Å². The Morgan fingerprint density at radius 1 is 1.29 bits per heavy atom. The third-order valence-corrected chi connectivity index (χ3v) is 5.13. The number of primary amides is 1. The van der Waals surface area contributed by atoms with Crippen LogP contribution in [-0.2, 0) is 13.1 Å². The molecule has 0 radical (unpaired) electrons. The monoisotopic (exact) mass is 390 g/mol. The van der Waals surface area contributed by atoms with E-state index in [2.05, 4.69) is 30.4 Å². The maximum absolute atomic E-state index is 12.0. The maximum Gasteiger partial charge on any atom is 0.269 e. The summed E-state index contributed by atoms with van der Waals surface area (Å²) >= 11 is 3.50. The van der Waals surface area contributed by atoms with Crippen LogP contribution in [-0.4, -0.2) is 40.1 Å². The first-order chi connectivity index (χ1) is 11.6. The zero-order valence-electron chi connectivity index (χ0n) is 13.3. The number of nitrogens with two attached hydrogens (primary N) is 1. The van der Waals surface area contributed by atoms with Crippen LogP contribution < -0.4 is 10.5 Å². The van der Waals surface area contributed by atoms with E-state index in [0.29, 0.717) is 25.4 Å². The molecule has 0 unspecified atom stereocenters. The van der Waals surface area contributed by atoms with E-state index >= 15 is 0 Å². The molecule has 6 nitrogen and oxygen atoms in total. The molecule has 2 aliphatic heterocycles. The Balaban J connectivity index is 1.85. The quantitative estimate of drug-likeness (QED) is 0.872. The number of aromatic nitrogens is 2. The molecule has 1 aromatic carbocycles. The minimum atomic E-state index is -0.470. The van der Waals surface area contributed by atoms with E-state index in [4.69, 9.17) is 10.5 Å². The highest BCUT2D eigenvalue weighted by atomic mass is 79.9. The lowest BCUT2D eigenvalue weighted by Crippen LogP contribution is -2.24. The van der Waals surface area contributed by atoms with Crippen LogP contribution in [0.4, 0.5) is 0 Å². The molecule has 2 aliphatic rings. The summed E-state index contributed by atoms with van der Waals surface area (Å²) in [5.41, 5.74) is 7.78. The Kier molecular flexibility index (Phi) is 4.05. The zero-order chi connectivity index (χ0) is 16.7. The van der Waals surface area contributed by atoms with Gasteiger partial charge in [-0.2, -0.15) is 0 Å². The number of fused-ring (bicyclic) bond motifs is 3. The van der Waals surface area contributed by atoms with Gasteiger partial charge < -0.3 is 15.0 Å². The predicted octanol–water partition coefficient (Wildman–Crippen LogP) is 2.40. The van der Waals surface area contributed by atoms with Crippen molar-refractivity contribution < 1.29 is 9.53 Å². The highest BCUT2D eigenvalue weighted by Gasteiger charge is 2.27. The normalized spacial score (nSPS) is 17.0. The number of imidazole rings is 1. The Bertz CT molecular complexity index is 796. The van der Waals surface area contributed by atoms with Gasteiger partial charge in [-0.05, 0) is 44.1 Å². The van der Waals surface area contributed by atoms with Gasteiger partial charge >= 0.3 is 0 Å². The van der Waals surface area contributed by atoms with Crippen molar-refractivity contribution in [2.45, 2.75) is 25.9 Å². The molecular weight excluding hydrogens is 372 g/mol. The average molecular weight is 391 g/mol. The first-order valence-electron chi connectivity index (χ1n) is 8.18. The van der Waals surface area contributed by atoms with Gasteiger partial charge in [-0.3, -0.25) is 9.69 Å². The topological polar surface area (TPSA) is 73.4 Å². The molecule has 0 bridgehead atoms. The number of carbonyl (C=O) groups is 1. The van der Waals surface area contributed by atoms with Gasteiger partial charge in [0.05, 0.1) is 17.8 Å². The number of nitrogens with zero attached hydrogens (tertiary/aromatic N) is 3. The van der Waals surface area contributed by atoms with Crippen molar-refractivity contribution >= 4 is 21.8 Å². The van der Waals surface area contributed by atoms with Gasteiger partial charge in [0, 0.05) is 11.0 Å². The maximum atomic E-state index is 12.0. The molecule has 1 saturated heterocycles. The standard InChI is InChI=1S/C17H19BrN4O2/c18-11-3-4-14-12(9-11)17-20-15(16(19)23)13(22(17)7-8-24-14)10-21-5-1-2-6-21/h3-4,9H,1-2,5-8,10H2,(H2,19,23). The molecule has 1 fully saturated rings. The Morgan fingerprint density at radius 2 is 2.08 bits per heavy atom. The fraction of sp³-hybridized carbons (Fsp3) is 0.412. The third kappa shape index (κ3) is 2.71. The Labute approximate surface area is 148 Å². The van der Waals surface area contributed by atoms with Crippen LogP contribution in [0.15, 0.2) is 22.7 Å². The predicted molar refractivity (Wildman–Crippen MR) is 93.9 cm³/mol. The molecule has 2 aromatic rings. The minimum absolute atomic E-state index is 0.379. The molecule has 1 aromatic heterocycles. The van der Waals surface area contributed by atoms with Gasteiger partial charge in [0.2, 0.25) is 0 Å². The number of rotatable bonds is 3. The van der Waals surface area contributed by atoms with Crippen molar-refractivity contribution in [1.29, 1.82) is 0 Å². The Morgan fingerprint density at radius 3 is 2.83 bits per heavy atom. The molecule has 2 N–H and O–H groups in total. The third-order valence-electron chi connectivity index (χ3n) is 4.63. The van der Waals surface area contributed by atoms with Gasteiger partial charge in [0.1, 0.15) is 18.2 Å². The molecule has 0 saturated carbocycles. The van der Waals surface area contributed by atoms with Crippen LogP contribution in [0.5, 0.6) is 5.75 Å². The van der Waals surface area contributed by atoms with E-state index in [-0.39, 0.29) is 0 Å². The van der Waals surface area contributed by atoms with Crippen molar-refractivity contribution in [1.82, 2.24) is 14.5 Å². The molecule has 4 rings (SSSR count). The largest absolute Gasteiger partial charge is 0.491 e. The second-order valence-corrected chi connectivity index (χ2v) is 7.13. The van der Waals surface area contributed by atoms with Crippen molar-refractivity contribution in [3.8, 4) is 17.1 Å². The van der Waals surface area contributed by atoms with Crippen LogP contribution in [0.2, 0.25) is 0 Å². The molecule has 24 heavy (non-hydrogen) atoms. The van der Waals surface area contributed by atoms with E-state index in [9.17, 15) is 4.79 Å². The summed E-state index contributed by atoms with van der Waals surface area (Å²) in [5, 5.41) is 0. The van der Waals surface area contributed by atoms with Crippen molar-refractivity contribution in [3.63, 3.8) is 0 Å². The summed E-state index contributed by atoms with van der Waals surface area (Å²) in [6, 6.07) is 5.84. The highest BCUT2D eigenvalue weighted by Crippen LogP contribution is 2.35. The van der Waals surface area contributed by atoms with E-state index in [1.807, 2.05) is 18.2 Å². The first-order valence-corrected chi connectivity index (χ1v) is 8.97. The van der Waals surface area contributed by atoms with Crippen LogP contribution in [0.1, 0.15) is 29.0 Å². The summed E-state index contributed by atoms with van der Waals surface area (Å²) in [6.07, 6.45) is 2.40. The molecule has 0 aliphatic carbocycles. The highest BCUT2D eigenvalue weighted by molar-refractivity contribution is 9.10. The SMILES string of the molecule is NC(=O)c1nc2n(c1CN1CCCC1)CCOc1ccc(Br)cc1-2. The number of hydrogen-bond donors (Lipinski definition) is 1. The van der Waals surface area contributed by atoms with E-state index in [0.717, 1.165) is 40.4 Å². The summed E-state index contributed by atoms with van der Waals surface area (Å²) in [5.74, 6) is 1.07. The zero-order valence-corrected chi connectivity index (χ0v) is 14.9. The molecular formula is C17H19BrN4O2. The fourth-order valence-corrected chi connectivity index (χ4v) is 3.85. The van der Waals surface area contributed by atoms with Crippen molar-refractivity contribution in [2.75, 3.05) is 19.7 Å². The first kappa shape index (κ1) is 15.7. The van der Waals surface area contributed by atoms with Gasteiger partial charge in [-0.1, -0.05) is 15.9 Å². The fourth-order valence-electron chi connectivity index (χ4n) is 3.49. The van der Waals surface area contributed by atoms with Crippen molar-refractivity contribution in [3.05, 3.63) is 34.1 Å². The lowest BCUT2D eigenvalue weighted by atomic mass is 10.2. The van der Waals surface area contributed by atoms with Crippen LogP contribution in [0, 0.1) is 0 Å². The van der Waals surface area contributed by atoms with E-state index in [1.54, 1.807) is 0 Å². The summed E-state index contributed by atoms with van der Waals surface area (Å²) < 4.78 is 8.90. The van der Waals surface area contributed by atoms with Gasteiger partial charge in [0.15, 0.2) is 5.69 Å². The van der Waals surface area contributed by atoms with Gasteiger partial charge in [-0.15, -0.1) is 0 Å². The summed E-state index contributed by atoms with van der Waals surface area (Å²) in [7, 11) is 0. The lowest BCUT2D eigenvalue weighted by Gasteiger charge is -2.17. The van der Waals surface area contributed by atoms with Crippen LogP contribution in [0.25, 0.3) is 11.4 Å². The summed E-state index contributed by atoms with van der Waals surface area (Å²) in [6.45, 7) is 4.01.